The van der Waals surface area contributed by atoms with Crippen molar-refractivity contribution in [2.45, 2.75) is 18.0 Å². The summed E-state index contributed by atoms with van der Waals surface area (Å²) in [6.07, 6.45) is -4.54. The summed E-state index contributed by atoms with van der Waals surface area (Å²) in [5, 5.41) is 4.76. The van der Waals surface area contributed by atoms with Gasteiger partial charge in [0, 0.05) is 23.6 Å². The number of halogens is 3. The van der Waals surface area contributed by atoms with E-state index in [4.69, 9.17) is 0 Å². The fourth-order valence-corrected chi connectivity index (χ4v) is 4.18. The van der Waals surface area contributed by atoms with E-state index in [-0.39, 0.29) is 16.5 Å². The summed E-state index contributed by atoms with van der Waals surface area (Å²) < 4.78 is 64.9. The summed E-state index contributed by atoms with van der Waals surface area (Å²) in [4.78, 5) is 15.0. The average Bonchev–Trinajstić information content (AvgIpc) is 3.09. The van der Waals surface area contributed by atoms with E-state index in [2.05, 4.69) is 15.0 Å². The van der Waals surface area contributed by atoms with Crippen LogP contribution in [0.5, 0.6) is 0 Å². The van der Waals surface area contributed by atoms with Crippen molar-refractivity contribution in [3.63, 3.8) is 0 Å². The monoisotopic (exact) mass is 441 g/mol. The van der Waals surface area contributed by atoms with Crippen LogP contribution >= 0.6 is 11.3 Å². The third-order valence-corrected chi connectivity index (χ3v) is 5.87. The molecule has 11 heteroatoms. The van der Waals surface area contributed by atoms with Gasteiger partial charge in [0.25, 0.3) is 10.0 Å². The van der Waals surface area contributed by atoms with Gasteiger partial charge in [0.2, 0.25) is 5.91 Å². The summed E-state index contributed by atoms with van der Waals surface area (Å²) in [5.41, 5.74) is 0.625. The summed E-state index contributed by atoms with van der Waals surface area (Å²) in [6, 6.07) is 9.52. The first-order valence-corrected chi connectivity index (χ1v) is 10.4. The molecule has 0 aliphatic carbocycles. The van der Waals surface area contributed by atoms with E-state index in [1.165, 1.54) is 30.4 Å². The molecule has 3 rings (SSSR count). The fourth-order valence-electron chi connectivity index (χ4n) is 2.36. The Morgan fingerprint density at radius 2 is 1.66 bits per heavy atom. The molecular weight excluding hydrogens is 427 g/mol. The van der Waals surface area contributed by atoms with Gasteiger partial charge in [-0.3, -0.25) is 9.52 Å². The maximum atomic E-state index is 12.6. The van der Waals surface area contributed by atoms with E-state index in [0.717, 1.165) is 12.1 Å². The molecule has 1 heterocycles. The van der Waals surface area contributed by atoms with Crippen LogP contribution < -0.4 is 10.0 Å². The molecule has 152 valence electrons. The third kappa shape index (κ3) is 5.12. The number of amides is 1. The van der Waals surface area contributed by atoms with Gasteiger partial charge in [-0.05, 0) is 36.4 Å². The highest BCUT2D eigenvalue weighted by Crippen LogP contribution is 2.30. The third-order valence-electron chi connectivity index (χ3n) is 3.71. The summed E-state index contributed by atoms with van der Waals surface area (Å²) in [5.74, 6) is -0.237. The Bertz CT molecular complexity index is 1120. The van der Waals surface area contributed by atoms with Crippen LogP contribution in [0.2, 0.25) is 0 Å². The zero-order valence-corrected chi connectivity index (χ0v) is 16.5. The topological polar surface area (TPSA) is 88.2 Å². The van der Waals surface area contributed by atoms with Gasteiger partial charge in [0.05, 0.1) is 16.2 Å². The average molecular weight is 441 g/mol. The minimum Gasteiger partial charge on any atom is -0.302 e. The Labute approximate surface area is 168 Å². The van der Waals surface area contributed by atoms with Gasteiger partial charge in [-0.2, -0.15) is 13.2 Å². The van der Waals surface area contributed by atoms with E-state index < -0.39 is 21.8 Å². The van der Waals surface area contributed by atoms with Crippen LogP contribution in [0.4, 0.5) is 24.0 Å². The lowest BCUT2D eigenvalue weighted by molar-refractivity contribution is -0.137. The highest BCUT2D eigenvalue weighted by Gasteiger charge is 2.30. The Morgan fingerprint density at radius 3 is 2.21 bits per heavy atom. The maximum Gasteiger partial charge on any atom is 0.416 e. The molecule has 0 spiro atoms. The number of carbonyl (C=O) groups excluding carboxylic acids is 1. The van der Waals surface area contributed by atoms with Crippen molar-refractivity contribution in [1.82, 2.24) is 4.98 Å². The number of thiazole rings is 1. The predicted molar refractivity (Wildman–Crippen MR) is 104 cm³/mol. The van der Waals surface area contributed by atoms with Gasteiger partial charge < -0.3 is 5.32 Å². The number of benzene rings is 2. The molecule has 2 N–H and O–H groups in total. The number of nitrogens with one attached hydrogen (secondary N) is 2. The summed E-state index contributed by atoms with van der Waals surface area (Å²) in [6.45, 7) is 1.37. The molecule has 0 aliphatic rings. The predicted octanol–water partition coefficient (Wildman–Crippen LogP) is 4.59. The standard InChI is InChI=1S/C18H14F3N3O3S2/c1-11(25)22-17-23-16(10-28-17)12-2-6-14(7-3-12)24-29(26,27)15-8-4-13(5-9-15)18(19,20)21/h2-10,24H,1H3,(H,22,23,25). The van der Waals surface area contributed by atoms with Crippen molar-refractivity contribution in [1.29, 1.82) is 0 Å². The quantitative estimate of drug-likeness (QED) is 0.606. The van der Waals surface area contributed by atoms with E-state index in [9.17, 15) is 26.4 Å². The Morgan fingerprint density at radius 1 is 1.03 bits per heavy atom. The van der Waals surface area contributed by atoms with Gasteiger partial charge in [0.1, 0.15) is 0 Å². The van der Waals surface area contributed by atoms with Gasteiger partial charge in [-0.1, -0.05) is 12.1 Å². The maximum absolute atomic E-state index is 12.6. The van der Waals surface area contributed by atoms with E-state index in [1.54, 1.807) is 17.5 Å². The number of carbonyl (C=O) groups is 1. The molecule has 0 fully saturated rings. The normalized spacial score (nSPS) is 11.9. The van der Waals surface area contributed by atoms with Crippen molar-refractivity contribution in [3.8, 4) is 11.3 Å². The zero-order chi connectivity index (χ0) is 21.2. The van der Waals surface area contributed by atoms with E-state index >= 15 is 0 Å². The van der Waals surface area contributed by atoms with Crippen LogP contribution in [0.15, 0.2) is 58.8 Å². The summed E-state index contributed by atoms with van der Waals surface area (Å²) >= 11 is 1.25. The molecular formula is C18H14F3N3O3S2. The first-order chi connectivity index (χ1) is 13.5. The van der Waals surface area contributed by atoms with Gasteiger partial charge in [0.15, 0.2) is 5.13 Å². The smallest absolute Gasteiger partial charge is 0.302 e. The number of anilines is 2. The van der Waals surface area contributed by atoms with E-state index in [1.807, 2.05) is 0 Å². The van der Waals surface area contributed by atoms with Crippen LogP contribution in [-0.4, -0.2) is 19.3 Å². The molecule has 6 nitrogen and oxygen atoms in total. The molecule has 0 bridgehead atoms. The molecule has 0 unspecified atom stereocenters. The largest absolute Gasteiger partial charge is 0.416 e. The molecule has 0 saturated heterocycles. The molecule has 0 radical (unpaired) electrons. The first-order valence-electron chi connectivity index (χ1n) is 8.08. The zero-order valence-electron chi connectivity index (χ0n) is 14.8. The van der Waals surface area contributed by atoms with E-state index in [0.29, 0.717) is 28.5 Å². The highest BCUT2D eigenvalue weighted by atomic mass is 32.2. The molecule has 0 atom stereocenters. The molecule has 1 amide bonds. The number of hydrogen-bond donors (Lipinski definition) is 2. The summed E-state index contributed by atoms with van der Waals surface area (Å²) in [7, 11) is -4.04. The lowest BCUT2D eigenvalue weighted by atomic mass is 10.1. The van der Waals surface area contributed by atoms with Gasteiger partial charge >= 0.3 is 6.18 Å². The fraction of sp³-hybridized carbons (Fsp3) is 0.111. The van der Waals surface area contributed by atoms with Crippen LogP contribution in [0, 0.1) is 0 Å². The number of alkyl halides is 3. The van der Waals surface area contributed by atoms with Crippen molar-refractivity contribution >= 4 is 38.1 Å². The Hall–Kier alpha value is -2.92. The highest BCUT2D eigenvalue weighted by molar-refractivity contribution is 7.92. The minimum atomic E-state index is -4.54. The van der Waals surface area contributed by atoms with Gasteiger partial charge in [-0.15, -0.1) is 11.3 Å². The van der Waals surface area contributed by atoms with Crippen LogP contribution in [0.25, 0.3) is 11.3 Å². The van der Waals surface area contributed by atoms with Crippen LogP contribution in [-0.2, 0) is 21.0 Å². The Kier molecular flexibility index (Phi) is 5.62. The molecule has 29 heavy (non-hydrogen) atoms. The number of nitrogens with zero attached hydrogens (tertiary/aromatic N) is 1. The van der Waals surface area contributed by atoms with Crippen molar-refractivity contribution < 1.29 is 26.4 Å². The van der Waals surface area contributed by atoms with Crippen molar-refractivity contribution in [2.75, 3.05) is 10.0 Å². The van der Waals surface area contributed by atoms with Crippen LogP contribution in [0.1, 0.15) is 12.5 Å². The number of rotatable bonds is 5. The minimum absolute atomic E-state index is 0.237. The molecule has 0 saturated carbocycles. The second-order valence-electron chi connectivity index (χ2n) is 5.92. The number of aromatic nitrogens is 1. The second kappa shape index (κ2) is 7.84. The number of hydrogen-bond acceptors (Lipinski definition) is 5. The lowest BCUT2D eigenvalue weighted by Gasteiger charge is -2.10. The first kappa shape index (κ1) is 20.8. The molecule has 3 aromatic rings. The lowest BCUT2D eigenvalue weighted by Crippen LogP contribution is -2.13. The molecule has 1 aromatic heterocycles. The SMILES string of the molecule is CC(=O)Nc1nc(-c2ccc(NS(=O)(=O)c3ccc(C(F)(F)F)cc3)cc2)cs1. The Balaban J connectivity index is 1.75. The van der Waals surface area contributed by atoms with Crippen LogP contribution in [0.3, 0.4) is 0 Å². The van der Waals surface area contributed by atoms with Gasteiger partial charge in [-0.25, -0.2) is 13.4 Å². The molecule has 2 aromatic carbocycles. The molecule has 0 aliphatic heterocycles. The van der Waals surface area contributed by atoms with Crippen molar-refractivity contribution in [2.24, 2.45) is 0 Å². The second-order valence-corrected chi connectivity index (χ2v) is 8.46. The number of sulfonamides is 1. The van der Waals surface area contributed by atoms with Crippen molar-refractivity contribution in [3.05, 3.63) is 59.5 Å².